The molecule has 2 N–H and O–H groups in total. The monoisotopic (exact) mass is 486 g/mol. The quantitative estimate of drug-likeness (QED) is 0.427. The van der Waals surface area contributed by atoms with Crippen molar-refractivity contribution in [3.05, 3.63) is 77.0 Å². The van der Waals surface area contributed by atoms with Gasteiger partial charge in [-0.1, -0.05) is 12.1 Å². The molecule has 0 aliphatic carbocycles. The molecule has 0 radical (unpaired) electrons. The molecule has 1 aromatic carbocycles. The van der Waals surface area contributed by atoms with E-state index in [1.807, 2.05) is 36.7 Å². The number of imidazole rings is 1. The van der Waals surface area contributed by atoms with Gasteiger partial charge >= 0.3 is 0 Å². The molecular formula is C27H27FN6O2. The van der Waals surface area contributed by atoms with E-state index in [0.29, 0.717) is 41.7 Å². The van der Waals surface area contributed by atoms with Gasteiger partial charge < -0.3 is 20.3 Å². The normalized spacial score (nSPS) is 17.1. The first-order valence-corrected chi connectivity index (χ1v) is 12.0. The Morgan fingerprint density at radius 1 is 1.25 bits per heavy atom. The van der Waals surface area contributed by atoms with Crippen molar-refractivity contribution < 1.29 is 13.9 Å². The Bertz CT molecular complexity index is 1470. The number of ether oxygens (including phenoxy) is 1. The molecule has 0 spiro atoms. The second kappa shape index (κ2) is 9.00. The van der Waals surface area contributed by atoms with Gasteiger partial charge in [-0.3, -0.25) is 9.20 Å². The van der Waals surface area contributed by atoms with Crippen LogP contribution in [-0.2, 0) is 17.8 Å². The summed E-state index contributed by atoms with van der Waals surface area (Å²) in [4.78, 5) is 24.3. The fourth-order valence-electron chi connectivity index (χ4n) is 5.14. The molecule has 1 fully saturated rings. The number of aromatic nitrogens is 3. The minimum atomic E-state index is -0.339. The minimum absolute atomic E-state index is 0.137. The number of carbonyl (C=O) groups is 1. The van der Waals surface area contributed by atoms with E-state index in [4.69, 9.17) is 9.72 Å². The summed E-state index contributed by atoms with van der Waals surface area (Å²) in [5.74, 6) is 0.570. The number of hydrogen-bond acceptors (Lipinski definition) is 6. The maximum Gasteiger partial charge on any atom is 0.254 e. The molecule has 184 valence electrons. The van der Waals surface area contributed by atoms with Gasteiger partial charge in [-0.25, -0.2) is 14.4 Å². The summed E-state index contributed by atoms with van der Waals surface area (Å²) in [5, 5.41) is 6.33. The first-order chi connectivity index (χ1) is 17.5. The van der Waals surface area contributed by atoms with E-state index in [1.165, 1.54) is 17.7 Å². The SMILES string of the molecule is CN(C)Cc1nc(Nc2ccc(-c3cnc4cc(F)ccn34)c3c2C(=O)NC3)ccc1C1CCOC1. The fraction of sp³-hybridized carbons (Fsp3) is 0.296. The molecule has 3 aromatic heterocycles. The molecule has 0 bridgehead atoms. The molecule has 4 aromatic rings. The topological polar surface area (TPSA) is 83.8 Å². The molecule has 36 heavy (non-hydrogen) atoms. The lowest BCUT2D eigenvalue weighted by molar-refractivity contribution is 0.0966. The van der Waals surface area contributed by atoms with Crippen LogP contribution in [0.25, 0.3) is 16.9 Å². The van der Waals surface area contributed by atoms with Gasteiger partial charge in [0.2, 0.25) is 0 Å². The Labute approximate surface area is 208 Å². The van der Waals surface area contributed by atoms with Gasteiger partial charge in [0.25, 0.3) is 5.91 Å². The largest absolute Gasteiger partial charge is 0.381 e. The number of rotatable bonds is 6. The number of halogens is 1. The smallest absolute Gasteiger partial charge is 0.254 e. The molecule has 1 saturated heterocycles. The van der Waals surface area contributed by atoms with Gasteiger partial charge in [-0.05, 0) is 49.8 Å². The predicted molar refractivity (Wildman–Crippen MR) is 135 cm³/mol. The third-order valence-electron chi connectivity index (χ3n) is 6.82. The Hall–Kier alpha value is -3.82. The molecule has 2 aliphatic heterocycles. The Morgan fingerprint density at radius 2 is 2.14 bits per heavy atom. The van der Waals surface area contributed by atoms with Crippen molar-refractivity contribution in [2.75, 3.05) is 32.6 Å². The molecule has 0 saturated carbocycles. The van der Waals surface area contributed by atoms with Crippen LogP contribution >= 0.6 is 0 Å². The first kappa shape index (κ1) is 22.6. The van der Waals surface area contributed by atoms with Crippen molar-refractivity contribution >= 4 is 23.1 Å². The molecule has 1 atom stereocenters. The average molecular weight is 487 g/mol. The van der Waals surface area contributed by atoms with E-state index in [-0.39, 0.29) is 11.7 Å². The molecule has 2 aliphatic rings. The van der Waals surface area contributed by atoms with Gasteiger partial charge in [0, 0.05) is 43.4 Å². The molecule has 9 heteroatoms. The number of anilines is 2. The number of hydrogen-bond donors (Lipinski definition) is 2. The van der Waals surface area contributed by atoms with Crippen molar-refractivity contribution in [2.45, 2.75) is 25.4 Å². The second-order valence-electron chi connectivity index (χ2n) is 9.57. The highest BCUT2D eigenvalue weighted by Gasteiger charge is 2.28. The number of benzene rings is 1. The standard InChI is InChI=1S/C27H27FN6O2/c1-33(2)14-22-18(16-8-10-36-15-16)4-6-24(32-22)31-21-5-3-19(20-12-30-27(35)26(20)21)23-13-29-25-11-17(28)7-9-34(23)25/h3-7,9,11,13,16H,8,10,12,14-15H2,1-2H3,(H,30,35)(H,31,32). The molecule has 6 rings (SSSR count). The highest BCUT2D eigenvalue weighted by Crippen LogP contribution is 2.36. The van der Waals surface area contributed by atoms with E-state index >= 15 is 0 Å². The summed E-state index contributed by atoms with van der Waals surface area (Å²) in [6.07, 6.45) is 4.36. The Balaban J connectivity index is 1.38. The molecule has 5 heterocycles. The van der Waals surface area contributed by atoms with Crippen LogP contribution in [0.2, 0.25) is 0 Å². The summed E-state index contributed by atoms with van der Waals surface area (Å²) in [6.45, 7) is 2.63. The maximum absolute atomic E-state index is 13.7. The van der Waals surface area contributed by atoms with Crippen LogP contribution in [0, 0.1) is 5.82 Å². The highest BCUT2D eigenvalue weighted by atomic mass is 19.1. The summed E-state index contributed by atoms with van der Waals surface area (Å²) in [7, 11) is 4.06. The van der Waals surface area contributed by atoms with Crippen LogP contribution in [0.15, 0.2) is 48.8 Å². The van der Waals surface area contributed by atoms with Gasteiger partial charge in [0.1, 0.15) is 17.3 Å². The van der Waals surface area contributed by atoms with Crippen LogP contribution < -0.4 is 10.6 Å². The van der Waals surface area contributed by atoms with Crippen molar-refractivity contribution in [3.63, 3.8) is 0 Å². The minimum Gasteiger partial charge on any atom is -0.381 e. The van der Waals surface area contributed by atoms with E-state index in [1.54, 1.807) is 12.4 Å². The number of fused-ring (bicyclic) bond motifs is 2. The third-order valence-corrected chi connectivity index (χ3v) is 6.82. The summed E-state index contributed by atoms with van der Waals surface area (Å²) < 4.78 is 21.1. The fourth-order valence-corrected chi connectivity index (χ4v) is 5.14. The van der Waals surface area contributed by atoms with Gasteiger partial charge in [-0.2, -0.15) is 0 Å². The van der Waals surface area contributed by atoms with E-state index < -0.39 is 0 Å². The lowest BCUT2D eigenvalue weighted by Gasteiger charge is -2.19. The van der Waals surface area contributed by atoms with Crippen molar-refractivity contribution in [1.82, 2.24) is 24.6 Å². The van der Waals surface area contributed by atoms with Gasteiger partial charge in [0.15, 0.2) is 0 Å². The summed E-state index contributed by atoms with van der Waals surface area (Å²) in [5.41, 5.74) is 6.60. The predicted octanol–water partition coefficient (Wildman–Crippen LogP) is 4.09. The van der Waals surface area contributed by atoms with Crippen LogP contribution in [0.1, 0.15) is 39.5 Å². The second-order valence-corrected chi connectivity index (χ2v) is 9.57. The van der Waals surface area contributed by atoms with Crippen LogP contribution in [-0.4, -0.2) is 52.5 Å². The number of pyridine rings is 2. The number of nitrogens with zero attached hydrogens (tertiary/aromatic N) is 4. The first-order valence-electron chi connectivity index (χ1n) is 12.0. The van der Waals surface area contributed by atoms with E-state index in [2.05, 4.69) is 26.6 Å². The zero-order valence-corrected chi connectivity index (χ0v) is 20.2. The van der Waals surface area contributed by atoms with Crippen molar-refractivity contribution in [2.24, 2.45) is 0 Å². The third kappa shape index (κ3) is 4.00. The van der Waals surface area contributed by atoms with Crippen LogP contribution in [0.5, 0.6) is 0 Å². The van der Waals surface area contributed by atoms with Crippen LogP contribution in [0.4, 0.5) is 15.9 Å². The molecule has 8 nitrogen and oxygen atoms in total. The Morgan fingerprint density at radius 3 is 2.94 bits per heavy atom. The van der Waals surface area contributed by atoms with Crippen molar-refractivity contribution in [3.8, 4) is 11.3 Å². The van der Waals surface area contributed by atoms with Crippen LogP contribution in [0.3, 0.4) is 0 Å². The highest BCUT2D eigenvalue weighted by molar-refractivity contribution is 6.06. The zero-order chi connectivity index (χ0) is 24.8. The zero-order valence-electron chi connectivity index (χ0n) is 20.2. The lowest BCUT2D eigenvalue weighted by Crippen LogP contribution is -2.16. The molecule has 1 amide bonds. The van der Waals surface area contributed by atoms with Crippen molar-refractivity contribution in [1.29, 1.82) is 0 Å². The number of nitrogens with one attached hydrogen (secondary N) is 2. The average Bonchev–Trinajstić information content (AvgIpc) is 3.60. The molecule has 1 unspecified atom stereocenters. The number of amides is 1. The van der Waals surface area contributed by atoms with Gasteiger partial charge in [0.05, 0.1) is 35.4 Å². The summed E-state index contributed by atoms with van der Waals surface area (Å²) in [6, 6.07) is 10.8. The van der Waals surface area contributed by atoms with Gasteiger partial charge in [-0.15, -0.1) is 0 Å². The van der Waals surface area contributed by atoms with E-state index in [0.717, 1.165) is 42.1 Å². The lowest BCUT2D eigenvalue weighted by atomic mass is 9.96. The number of carbonyl (C=O) groups excluding carboxylic acids is 1. The molecular weight excluding hydrogens is 459 g/mol. The van der Waals surface area contributed by atoms with E-state index in [9.17, 15) is 9.18 Å². The maximum atomic E-state index is 13.7. The summed E-state index contributed by atoms with van der Waals surface area (Å²) >= 11 is 0. The Kier molecular flexibility index (Phi) is 5.66.